The minimum absolute atomic E-state index is 0.0445. The molecule has 30 heavy (non-hydrogen) atoms. The number of aromatic nitrogens is 1. The number of esters is 1. The van der Waals surface area contributed by atoms with Gasteiger partial charge in [0.05, 0.1) is 12.3 Å². The average Bonchev–Trinajstić information content (AvgIpc) is 3.57. The molecule has 1 saturated heterocycles. The van der Waals surface area contributed by atoms with E-state index in [1.165, 1.54) is 12.8 Å². The Bertz CT molecular complexity index is 783. The van der Waals surface area contributed by atoms with Crippen LogP contribution in [0.25, 0.3) is 0 Å². The zero-order valence-electron chi connectivity index (χ0n) is 17.5. The van der Waals surface area contributed by atoms with Gasteiger partial charge in [0.15, 0.2) is 5.60 Å². The van der Waals surface area contributed by atoms with Crippen LogP contribution in [0, 0.1) is 5.92 Å². The number of ether oxygens (including phenoxy) is 1. The van der Waals surface area contributed by atoms with E-state index in [1.54, 1.807) is 6.26 Å². The van der Waals surface area contributed by atoms with E-state index in [0.717, 1.165) is 57.4 Å². The Balaban J connectivity index is 1.46. The number of likely N-dealkylation sites (tertiary alicyclic amines) is 1. The first-order valence-electron chi connectivity index (χ1n) is 11.3. The molecule has 2 fully saturated rings. The number of rotatable bonds is 9. The van der Waals surface area contributed by atoms with Crippen molar-refractivity contribution >= 4 is 5.97 Å². The minimum Gasteiger partial charge on any atom is -0.463 e. The molecule has 1 aliphatic heterocycles. The van der Waals surface area contributed by atoms with Crippen LogP contribution in [-0.4, -0.2) is 47.4 Å². The first-order valence-corrected chi connectivity index (χ1v) is 11.3. The molecule has 1 aromatic heterocycles. The largest absolute Gasteiger partial charge is 0.463 e. The van der Waals surface area contributed by atoms with E-state index in [-0.39, 0.29) is 18.4 Å². The minimum atomic E-state index is -1.60. The van der Waals surface area contributed by atoms with Gasteiger partial charge in [-0.2, -0.15) is 0 Å². The molecule has 162 valence electrons. The van der Waals surface area contributed by atoms with Gasteiger partial charge in [-0.25, -0.2) is 4.79 Å². The molecular formula is C24H32N2O4. The van der Waals surface area contributed by atoms with E-state index in [4.69, 9.17) is 9.26 Å². The third-order valence-corrected chi connectivity index (χ3v) is 6.76. The molecule has 0 bridgehead atoms. The number of nitrogens with zero attached hydrogens (tertiary/aromatic N) is 2. The molecule has 2 aliphatic rings. The van der Waals surface area contributed by atoms with Crippen molar-refractivity contribution < 1.29 is 19.2 Å². The molecular weight excluding hydrogens is 380 g/mol. The van der Waals surface area contributed by atoms with Crippen LogP contribution in [0.3, 0.4) is 0 Å². The summed E-state index contributed by atoms with van der Waals surface area (Å²) in [5, 5.41) is 15.7. The molecule has 0 spiro atoms. The van der Waals surface area contributed by atoms with E-state index in [1.807, 2.05) is 36.4 Å². The van der Waals surface area contributed by atoms with Gasteiger partial charge in [-0.05, 0) is 57.3 Å². The molecule has 6 heteroatoms. The summed E-state index contributed by atoms with van der Waals surface area (Å²) in [6.07, 6.45) is 8.62. The van der Waals surface area contributed by atoms with E-state index in [0.29, 0.717) is 5.56 Å². The zero-order chi connectivity index (χ0) is 20.8. The summed E-state index contributed by atoms with van der Waals surface area (Å²) < 4.78 is 10.8. The van der Waals surface area contributed by atoms with Crippen molar-refractivity contribution in [2.24, 2.45) is 5.92 Å². The van der Waals surface area contributed by atoms with Crippen LogP contribution >= 0.6 is 0 Å². The number of hydrogen-bond acceptors (Lipinski definition) is 6. The maximum absolute atomic E-state index is 13.3. The third-order valence-electron chi connectivity index (χ3n) is 6.76. The van der Waals surface area contributed by atoms with Crippen molar-refractivity contribution in [3.8, 4) is 0 Å². The van der Waals surface area contributed by atoms with Gasteiger partial charge in [-0.1, -0.05) is 48.3 Å². The Kier molecular flexibility index (Phi) is 6.85. The molecule has 4 rings (SSSR count). The van der Waals surface area contributed by atoms with Crippen molar-refractivity contribution in [1.82, 2.24) is 10.1 Å². The van der Waals surface area contributed by atoms with Crippen molar-refractivity contribution in [3.05, 3.63) is 53.9 Å². The molecule has 1 N–H and O–H groups in total. The topological polar surface area (TPSA) is 75.8 Å². The maximum atomic E-state index is 13.3. The summed E-state index contributed by atoms with van der Waals surface area (Å²) in [6, 6.07) is 11.1. The Morgan fingerprint density at radius 2 is 1.90 bits per heavy atom. The number of hydrogen-bond donors (Lipinski definition) is 1. The number of carbonyl (C=O) groups is 1. The fraction of sp³-hybridized carbons (Fsp3) is 0.583. The van der Waals surface area contributed by atoms with Crippen LogP contribution in [0.15, 0.2) is 47.2 Å². The van der Waals surface area contributed by atoms with E-state index < -0.39 is 11.6 Å². The number of carbonyl (C=O) groups excluding carboxylic acids is 1. The quantitative estimate of drug-likeness (QED) is 0.630. The van der Waals surface area contributed by atoms with E-state index in [2.05, 4.69) is 10.1 Å². The molecule has 0 amide bonds. The second-order valence-electron chi connectivity index (χ2n) is 8.67. The SMILES string of the molecule is O=C(OC[C@H](CCN1CCCC1)c1ccon1)C(O)(c1ccccc1)C1CCCC1. The normalized spacial score (nSPS) is 20.8. The van der Waals surface area contributed by atoms with Gasteiger partial charge < -0.3 is 19.3 Å². The van der Waals surface area contributed by atoms with Gasteiger partial charge >= 0.3 is 5.97 Å². The van der Waals surface area contributed by atoms with Gasteiger partial charge in [-0.15, -0.1) is 0 Å². The highest BCUT2D eigenvalue weighted by molar-refractivity contribution is 5.81. The number of aliphatic hydroxyl groups is 1. The fourth-order valence-corrected chi connectivity index (χ4v) is 4.94. The first kappa shape index (κ1) is 21.1. The highest BCUT2D eigenvalue weighted by Crippen LogP contribution is 2.41. The summed E-state index contributed by atoms with van der Waals surface area (Å²) >= 11 is 0. The standard InChI is InChI=1S/C24H32N2O4/c27-23(24(28,21-10-4-5-11-21)20-8-2-1-3-9-20)29-18-19(22-13-17-30-25-22)12-16-26-14-6-7-15-26/h1-3,8-9,13,17,19,21,28H,4-7,10-12,14-16,18H2/t19-,24?/m0/s1. The van der Waals surface area contributed by atoms with Gasteiger partial charge in [-0.3, -0.25) is 0 Å². The molecule has 0 radical (unpaired) electrons. The predicted molar refractivity (Wildman–Crippen MR) is 113 cm³/mol. The van der Waals surface area contributed by atoms with Crippen molar-refractivity contribution in [2.75, 3.05) is 26.2 Å². The summed E-state index contributed by atoms with van der Waals surface area (Å²) in [6.45, 7) is 3.39. The van der Waals surface area contributed by atoms with Gasteiger partial charge in [0.1, 0.15) is 6.26 Å². The van der Waals surface area contributed by atoms with Crippen LogP contribution in [0.1, 0.15) is 62.1 Å². The van der Waals surface area contributed by atoms with Gasteiger partial charge in [0.2, 0.25) is 0 Å². The second-order valence-corrected chi connectivity index (χ2v) is 8.67. The lowest BCUT2D eigenvalue weighted by atomic mass is 9.80. The lowest BCUT2D eigenvalue weighted by Gasteiger charge is -2.32. The summed E-state index contributed by atoms with van der Waals surface area (Å²) in [4.78, 5) is 15.7. The molecule has 2 aromatic rings. The van der Waals surface area contributed by atoms with E-state index in [9.17, 15) is 9.90 Å². The molecule has 1 unspecified atom stereocenters. The Hall–Kier alpha value is -2.18. The summed E-state index contributed by atoms with van der Waals surface area (Å²) in [5.41, 5.74) is -0.177. The smallest absolute Gasteiger partial charge is 0.343 e. The molecule has 1 aromatic carbocycles. The van der Waals surface area contributed by atoms with Crippen molar-refractivity contribution in [1.29, 1.82) is 0 Å². The van der Waals surface area contributed by atoms with Crippen LogP contribution in [0.2, 0.25) is 0 Å². The van der Waals surface area contributed by atoms with Gasteiger partial charge in [0.25, 0.3) is 0 Å². The van der Waals surface area contributed by atoms with Crippen LogP contribution < -0.4 is 0 Å². The maximum Gasteiger partial charge on any atom is 0.343 e. The van der Waals surface area contributed by atoms with Crippen molar-refractivity contribution in [3.63, 3.8) is 0 Å². The Morgan fingerprint density at radius 3 is 2.57 bits per heavy atom. The van der Waals surface area contributed by atoms with E-state index >= 15 is 0 Å². The molecule has 2 heterocycles. The predicted octanol–water partition coefficient (Wildman–Crippen LogP) is 3.87. The Morgan fingerprint density at radius 1 is 1.17 bits per heavy atom. The molecule has 1 saturated carbocycles. The Labute approximate surface area is 178 Å². The monoisotopic (exact) mass is 412 g/mol. The zero-order valence-corrected chi connectivity index (χ0v) is 17.5. The lowest BCUT2D eigenvalue weighted by Crippen LogP contribution is -2.44. The molecule has 2 atom stereocenters. The lowest BCUT2D eigenvalue weighted by molar-refractivity contribution is -0.174. The first-order chi connectivity index (χ1) is 14.7. The third kappa shape index (κ3) is 4.60. The number of benzene rings is 1. The van der Waals surface area contributed by atoms with Crippen molar-refractivity contribution in [2.45, 2.75) is 56.5 Å². The second kappa shape index (κ2) is 9.75. The highest BCUT2D eigenvalue weighted by Gasteiger charge is 2.48. The molecule has 1 aliphatic carbocycles. The summed E-state index contributed by atoms with van der Waals surface area (Å²) in [7, 11) is 0. The van der Waals surface area contributed by atoms with Crippen LogP contribution in [0.4, 0.5) is 0 Å². The van der Waals surface area contributed by atoms with Crippen LogP contribution in [-0.2, 0) is 15.1 Å². The summed E-state index contributed by atoms with van der Waals surface area (Å²) in [5.74, 6) is -0.699. The highest BCUT2D eigenvalue weighted by atomic mass is 16.6. The molecule has 6 nitrogen and oxygen atoms in total. The van der Waals surface area contributed by atoms with Gasteiger partial charge in [0, 0.05) is 17.9 Å². The fourth-order valence-electron chi connectivity index (χ4n) is 4.94. The van der Waals surface area contributed by atoms with Crippen LogP contribution in [0.5, 0.6) is 0 Å². The average molecular weight is 413 g/mol.